The number of hydrogen-bond donors (Lipinski definition) is 1. The summed E-state index contributed by atoms with van der Waals surface area (Å²) in [7, 11) is 1.78. The number of para-hydroxylation sites is 1. The van der Waals surface area contributed by atoms with E-state index in [1.54, 1.807) is 11.9 Å². The van der Waals surface area contributed by atoms with E-state index < -0.39 is 0 Å². The summed E-state index contributed by atoms with van der Waals surface area (Å²) in [6, 6.07) is 7.98. The summed E-state index contributed by atoms with van der Waals surface area (Å²) in [5.41, 5.74) is 7.42. The Balaban J connectivity index is 2.34. The smallest absolute Gasteiger partial charge is 0.236 e. The predicted octanol–water partition coefficient (Wildman–Crippen LogP) is 2.69. The van der Waals surface area contributed by atoms with Gasteiger partial charge < -0.3 is 15.1 Å². The van der Waals surface area contributed by atoms with Crippen molar-refractivity contribution in [3.05, 3.63) is 35.6 Å². The summed E-state index contributed by atoms with van der Waals surface area (Å²) in [5, 5.41) is 1.09. The normalized spacial score (nSPS) is 10.9. The number of unbranched alkanes of at least 4 members (excludes halogenated alkanes) is 1. The number of amides is 1. The van der Waals surface area contributed by atoms with Crippen LogP contribution in [0.1, 0.15) is 31.1 Å². The molecular formula is C16H22N2O2. The number of fused-ring (bicyclic) bond motifs is 1. The summed E-state index contributed by atoms with van der Waals surface area (Å²) in [4.78, 5) is 13.3. The molecule has 0 fully saturated rings. The molecule has 0 saturated heterocycles. The lowest BCUT2D eigenvalue weighted by molar-refractivity contribution is -0.128. The largest absolute Gasteiger partial charge is 0.461 e. The summed E-state index contributed by atoms with van der Waals surface area (Å²) < 4.78 is 5.95. The van der Waals surface area contributed by atoms with Crippen LogP contribution >= 0.6 is 0 Å². The highest BCUT2D eigenvalue weighted by Crippen LogP contribution is 2.28. The number of nitrogens with two attached hydrogens (primary N) is 1. The molecule has 0 unspecified atom stereocenters. The molecule has 0 atom stereocenters. The van der Waals surface area contributed by atoms with Crippen molar-refractivity contribution in [2.45, 2.75) is 32.7 Å². The minimum absolute atomic E-state index is 0.0383. The van der Waals surface area contributed by atoms with Crippen LogP contribution in [0, 0.1) is 0 Å². The van der Waals surface area contributed by atoms with E-state index in [0.29, 0.717) is 6.54 Å². The molecule has 1 heterocycles. The maximum absolute atomic E-state index is 11.7. The van der Waals surface area contributed by atoms with Gasteiger partial charge in [0.25, 0.3) is 0 Å². The average Bonchev–Trinajstić information content (AvgIpc) is 2.82. The Hall–Kier alpha value is -1.81. The van der Waals surface area contributed by atoms with Gasteiger partial charge >= 0.3 is 0 Å². The van der Waals surface area contributed by atoms with Gasteiger partial charge in [-0.05, 0) is 12.5 Å². The molecular weight excluding hydrogens is 252 g/mol. The van der Waals surface area contributed by atoms with E-state index in [9.17, 15) is 4.79 Å². The highest BCUT2D eigenvalue weighted by molar-refractivity contribution is 5.83. The van der Waals surface area contributed by atoms with Crippen LogP contribution in [0.4, 0.5) is 0 Å². The van der Waals surface area contributed by atoms with Gasteiger partial charge in [0.05, 0.1) is 6.54 Å². The Bertz CT molecular complexity index is 589. The van der Waals surface area contributed by atoms with Crippen LogP contribution in [0.25, 0.3) is 11.0 Å². The molecule has 20 heavy (non-hydrogen) atoms. The number of likely N-dealkylation sites (N-methyl/N-ethyl adjacent to an activating group) is 1. The second-order valence-corrected chi connectivity index (χ2v) is 5.06. The summed E-state index contributed by atoms with van der Waals surface area (Å²) in [6.07, 6.45) is 3.11. The van der Waals surface area contributed by atoms with E-state index in [2.05, 4.69) is 6.92 Å². The van der Waals surface area contributed by atoms with E-state index >= 15 is 0 Å². The van der Waals surface area contributed by atoms with Gasteiger partial charge in [0.15, 0.2) is 0 Å². The van der Waals surface area contributed by atoms with Gasteiger partial charge in [-0.25, -0.2) is 0 Å². The van der Waals surface area contributed by atoms with Crippen LogP contribution in [0.2, 0.25) is 0 Å². The summed E-state index contributed by atoms with van der Waals surface area (Å²) >= 11 is 0. The van der Waals surface area contributed by atoms with Gasteiger partial charge in [-0.2, -0.15) is 0 Å². The van der Waals surface area contributed by atoms with E-state index in [-0.39, 0.29) is 12.5 Å². The molecule has 108 valence electrons. The Morgan fingerprint density at radius 2 is 2.10 bits per heavy atom. The zero-order chi connectivity index (χ0) is 14.5. The molecule has 0 bridgehead atoms. The lowest BCUT2D eigenvalue weighted by Crippen LogP contribution is -2.32. The van der Waals surface area contributed by atoms with E-state index in [0.717, 1.165) is 41.6 Å². The van der Waals surface area contributed by atoms with Crippen molar-refractivity contribution in [1.29, 1.82) is 0 Å². The molecule has 4 nitrogen and oxygen atoms in total. The lowest BCUT2D eigenvalue weighted by Gasteiger charge is -2.16. The minimum atomic E-state index is -0.0586. The summed E-state index contributed by atoms with van der Waals surface area (Å²) in [5.74, 6) is 0.932. The van der Waals surface area contributed by atoms with Gasteiger partial charge in [-0.15, -0.1) is 0 Å². The predicted molar refractivity (Wildman–Crippen MR) is 80.4 cm³/mol. The molecule has 1 amide bonds. The number of rotatable bonds is 6. The van der Waals surface area contributed by atoms with Crippen molar-refractivity contribution in [3.63, 3.8) is 0 Å². The SMILES string of the molecule is CCCCc1oc2ccccc2c1CN(C)C(=O)CN. The number of carbonyl (C=O) groups excluding carboxylic acids is 1. The van der Waals surface area contributed by atoms with Crippen LogP contribution in [0.15, 0.2) is 28.7 Å². The molecule has 4 heteroatoms. The first kappa shape index (κ1) is 14.6. The first-order valence-electron chi connectivity index (χ1n) is 7.10. The van der Waals surface area contributed by atoms with Gasteiger partial charge in [0.2, 0.25) is 5.91 Å². The Labute approximate surface area is 119 Å². The fraction of sp³-hybridized carbons (Fsp3) is 0.438. The molecule has 0 radical (unpaired) electrons. The zero-order valence-corrected chi connectivity index (χ0v) is 12.2. The fourth-order valence-electron chi connectivity index (χ4n) is 2.34. The Morgan fingerprint density at radius 1 is 1.35 bits per heavy atom. The van der Waals surface area contributed by atoms with Crippen LogP contribution in [0.3, 0.4) is 0 Å². The molecule has 1 aromatic carbocycles. The van der Waals surface area contributed by atoms with Crippen molar-refractivity contribution in [1.82, 2.24) is 4.90 Å². The number of carbonyl (C=O) groups is 1. The second kappa shape index (κ2) is 6.57. The average molecular weight is 274 g/mol. The third kappa shape index (κ3) is 3.02. The maximum Gasteiger partial charge on any atom is 0.236 e. The third-order valence-electron chi connectivity index (χ3n) is 3.53. The number of nitrogens with zero attached hydrogens (tertiary/aromatic N) is 1. The second-order valence-electron chi connectivity index (χ2n) is 5.06. The monoisotopic (exact) mass is 274 g/mol. The van der Waals surface area contributed by atoms with Crippen molar-refractivity contribution < 1.29 is 9.21 Å². The van der Waals surface area contributed by atoms with Gasteiger partial charge in [0, 0.05) is 31.0 Å². The van der Waals surface area contributed by atoms with Crippen molar-refractivity contribution in [2.24, 2.45) is 5.73 Å². The third-order valence-corrected chi connectivity index (χ3v) is 3.53. The van der Waals surface area contributed by atoms with E-state index in [4.69, 9.17) is 10.2 Å². The summed E-state index contributed by atoms with van der Waals surface area (Å²) in [6.45, 7) is 2.75. The molecule has 2 aromatic rings. The molecule has 0 aliphatic carbocycles. The van der Waals surface area contributed by atoms with E-state index in [1.165, 1.54) is 0 Å². The first-order valence-corrected chi connectivity index (χ1v) is 7.10. The maximum atomic E-state index is 11.7. The van der Waals surface area contributed by atoms with Gasteiger partial charge in [-0.1, -0.05) is 31.5 Å². The molecule has 0 saturated carbocycles. The van der Waals surface area contributed by atoms with Crippen molar-refractivity contribution in [3.8, 4) is 0 Å². The molecule has 0 aliphatic rings. The quantitative estimate of drug-likeness (QED) is 0.881. The zero-order valence-electron chi connectivity index (χ0n) is 12.2. The minimum Gasteiger partial charge on any atom is -0.461 e. The molecule has 0 aliphatic heterocycles. The molecule has 2 rings (SSSR count). The van der Waals surface area contributed by atoms with Gasteiger partial charge in [0.1, 0.15) is 11.3 Å². The van der Waals surface area contributed by atoms with Crippen LogP contribution in [0.5, 0.6) is 0 Å². The highest BCUT2D eigenvalue weighted by atomic mass is 16.3. The first-order chi connectivity index (χ1) is 9.67. The topological polar surface area (TPSA) is 59.5 Å². The number of hydrogen-bond acceptors (Lipinski definition) is 3. The molecule has 0 spiro atoms. The Morgan fingerprint density at radius 3 is 2.80 bits per heavy atom. The highest BCUT2D eigenvalue weighted by Gasteiger charge is 2.17. The van der Waals surface area contributed by atoms with E-state index in [1.807, 2.05) is 24.3 Å². The van der Waals surface area contributed by atoms with Crippen molar-refractivity contribution in [2.75, 3.05) is 13.6 Å². The number of benzene rings is 1. The standard InChI is InChI=1S/C16H22N2O2/c1-3-4-8-15-13(11-18(2)16(19)10-17)12-7-5-6-9-14(12)20-15/h5-7,9H,3-4,8,10-11,17H2,1-2H3. The fourth-order valence-corrected chi connectivity index (χ4v) is 2.34. The van der Waals surface area contributed by atoms with Crippen molar-refractivity contribution >= 4 is 16.9 Å². The van der Waals surface area contributed by atoms with Crippen LogP contribution in [-0.4, -0.2) is 24.4 Å². The number of aryl methyl sites for hydroxylation is 1. The molecule has 2 N–H and O–H groups in total. The number of furan rings is 1. The van der Waals surface area contributed by atoms with Crippen LogP contribution < -0.4 is 5.73 Å². The Kier molecular flexibility index (Phi) is 4.79. The molecule has 1 aromatic heterocycles. The van der Waals surface area contributed by atoms with Gasteiger partial charge in [-0.3, -0.25) is 4.79 Å². The lowest BCUT2D eigenvalue weighted by atomic mass is 10.1. The van der Waals surface area contributed by atoms with Crippen LogP contribution in [-0.2, 0) is 17.8 Å².